The van der Waals surface area contributed by atoms with Crippen LogP contribution in [0.4, 0.5) is 21.8 Å². The maximum atomic E-state index is 13.1. The van der Waals surface area contributed by atoms with Crippen LogP contribution in [0.5, 0.6) is 0 Å². The maximum absolute atomic E-state index is 13.1. The van der Waals surface area contributed by atoms with Crippen molar-refractivity contribution >= 4 is 17.5 Å². The minimum atomic E-state index is -0.264. The van der Waals surface area contributed by atoms with Crippen molar-refractivity contribution in [1.29, 1.82) is 0 Å². The number of nitrogens with zero attached hydrogens (tertiary/aromatic N) is 3. The summed E-state index contributed by atoms with van der Waals surface area (Å²) in [6, 6.07) is 9.01. The number of aliphatic hydroxyl groups is 1. The van der Waals surface area contributed by atoms with Crippen molar-refractivity contribution in [2.24, 2.45) is 0 Å². The van der Waals surface area contributed by atoms with E-state index in [1.807, 2.05) is 0 Å². The molecule has 0 saturated carbocycles. The van der Waals surface area contributed by atoms with Gasteiger partial charge < -0.3 is 15.3 Å². The number of fused-ring (bicyclic) bond motifs is 2. The van der Waals surface area contributed by atoms with Gasteiger partial charge in [0.05, 0.1) is 6.10 Å². The molecule has 2 saturated heterocycles. The lowest BCUT2D eigenvalue weighted by molar-refractivity contribution is 0.126. The molecule has 2 aliphatic rings. The number of aliphatic hydroxyl groups excluding tert-OH is 1. The zero-order valence-corrected chi connectivity index (χ0v) is 15.0. The van der Waals surface area contributed by atoms with E-state index in [0.29, 0.717) is 18.0 Å². The number of nitrogens with one attached hydrogen (secondary N) is 1. The lowest BCUT2D eigenvalue weighted by Crippen LogP contribution is -2.45. The summed E-state index contributed by atoms with van der Waals surface area (Å²) in [7, 11) is 0. The van der Waals surface area contributed by atoms with Gasteiger partial charge in [-0.25, -0.2) is 9.37 Å². The fourth-order valence-corrected chi connectivity index (χ4v) is 4.24. The molecule has 2 bridgehead atoms. The summed E-state index contributed by atoms with van der Waals surface area (Å²) in [5, 5.41) is 13.3. The van der Waals surface area contributed by atoms with Crippen molar-refractivity contribution in [3.8, 4) is 0 Å². The van der Waals surface area contributed by atoms with Gasteiger partial charge in [0.15, 0.2) is 0 Å². The van der Waals surface area contributed by atoms with E-state index in [0.717, 1.165) is 55.7 Å². The molecule has 138 valence electrons. The smallest absolute Gasteiger partial charge is 0.229 e. The van der Waals surface area contributed by atoms with Crippen molar-refractivity contribution in [2.45, 2.75) is 63.6 Å². The summed E-state index contributed by atoms with van der Waals surface area (Å²) in [5.74, 6) is 1.22. The van der Waals surface area contributed by atoms with Gasteiger partial charge in [-0.05, 0) is 56.4 Å². The predicted octanol–water partition coefficient (Wildman–Crippen LogP) is 3.80. The van der Waals surface area contributed by atoms with E-state index in [-0.39, 0.29) is 11.9 Å². The number of benzene rings is 1. The van der Waals surface area contributed by atoms with Crippen LogP contribution in [0.25, 0.3) is 0 Å². The Hall–Kier alpha value is -2.21. The Bertz CT molecular complexity index is 753. The van der Waals surface area contributed by atoms with Crippen LogP contribution < -0.4 is 10.2 Å². The molecule has 1 aromatic heterocycles. The van der Waals surface area contributed by atoms with E-state index >= 15 is 0 Å². The Balaban J connectivity index is 1.64. The number of hydrogen-bond acceptors (Lipinski definition) is 5. The van der Waals surface area contributed by atoms with Crippen LogP contribution in [0, 0.1) is 5.82 Å². The van der Waals surface area contributed by atoms with E-state index in [4.69, 9.17) is 4.98 Å². The van der Waals surface area contributed by atoms with Crippen LogP contribution in [0.15, 0.2) is 30.3 Å². The Kier molecular flexibility index (Phi) is 4.76. The zero-order valence-electron chi connectivity index (χ0n) is 15.0. The Morgan fingerprint density at radius 3 is 2.50 bits per heavy atom. The van der Waals surface area contributed by atoms with E-state index in [9.17, 15) is 9.50 Å². The average Bonchev–Trinajstić information content (AvgIpc) is 2.89. The quantitative estimate of drug-likeness (QED) is 0.853. The molecule has 2 atom stereocenters. The van der Waals surface area contributed by atoms with Crippen LogP contribution in [-0.2, 0) is 6.42 Å². The number of halogens is 1. The first-order valence-corrected chi connectivity index (χ1v) is 9.49. The van der Waals surface area contributed by atoms with E-state index in [2.05, 4.69) is 28.2 Å². The van der Waals surface area contributed by atoms with Crippen LogP contribution in [0.2, 0.25) is 0 Å². The number of aryl methyl sites for hydroxylation is 1. The Morgan fingerprint density at radius 1 is 1.15 bits per heavy atom. The van der Waals surface area contributed by atoms with E-state index < -0.39 is 0 Å². The molecule has 2 aliphatic heterocycles. The first kappa shape index (κ1) is 17.2. The molecule has 2 unspecified atom stereocenters. The van der Waals surface area contributed by atoms with Gasteiger partial charge in [0.1, 0.15) is 11.6 Å². The van der Waals surface area contributed by atoms with Crippen molar-refractivity contribution in [3.05, 3.63) is 41.8 Å². The Morgan fingerprint density at radius 2 is 1.85 bits per heavy atom. The maximum Gasteiger partial charge on any atom is 0.229 e. The summed E-state index contributed by atoms with van der Waals surface area (Å²) >= 11 is 0. The van der Waals surface area contributed by atoms with E-state index in [1.165, 1.54) is 12.1 Å². The zero-order chi connectivity index (χ0) is 18.1. The van der Waals surface area contributed by atoms with Crippen LogP contribution in [0.3, 0.4) is 0 Å². The standard InChI is InChI=1S/C20H25FN4O/c1-2-3-15-10-19(25-16-8-9-17(25)12-18(26)11-16)24-20(23-15)22-14-6-4-13(21)5-7-14/h4-7,10,16-18,26H,2-3,8-9,11-12H2,1H3,(H,22,23,24). The molecule has 0 amide bonds. The SMILES string of the molecule is CCCc1cc(N2C3CCC2CC(O)C3)nc(Nc2ccc(F)cc2)n1. The minimum absolute atomic E-state index is 0.197. The molecule has 0 spiro atoms. The van der Waals surface area contributed by atoms with Gasteiger partial charge in [0.2, 0.25) is 5.95 Å². The molecule has 1 aromatic carbocycles. The molecule has 4 rings (SSSR count). The number of hydrogen-bond donors (Lipinski definition) is 2. The van der Waals surface area contributed by atoms with Gasteiger partial charge >= 0.3 is 0 Å². The third kappa shape index (κ3) is 3.51. The highest BCUT2D eigenvalue weighted by Crippen LogP contribution is 2.39. The highest BCUT2D eigenvalue weighted by atomic mass is 19.1. The van der Waals surface area contributed by atoms with Crippen molar-refractivity contribution in [2.75, 3.05) is 10.2 Å². The molecule has 26 heavy (non-hydrogen) atoms. The fourth-order valence-electron chi connectivity index (χ4n) is 4.24. The van der Waals surface area contributed by atoms with E-state index in [1.54, 1.807) is 12.1 Å². The average molecular weight is 356 g/mol. The monoisotopic (exact) mass is 356 g/mol. The number of aromatic nitrogens is 2. The first-order valence-electron chi connectivity index (χ1n) is 9.49. The lowest BCUT2D eigenvalue weighted by atomic mass is 10.00. The molecule has 6 heteroatoms. The number of rotatable bonds is 5. The van der Waals surface area contributed by atoms with Gasteiger partial charge in [0.25, 0.3) is 0 Å². The molecule has 0 radical (unpaired) electrons. The van der Waals surface area contributed by atoms with Gasteiger partial charge in [-0.3, -0.25) is 0 Å². The van der Waals surface area contributed by atoms with Crippen molar-refractivity contribution in [1.82, 2.24) is 9.97 Å². The minimum Gasteiger partial charge on any atom is -0.393 e. The molecule has 2 aromatic rings. The third-order valence-corrected chi connectivity index (χ3v) is 5.34. The van der Waals surface area contributed by atoms with Gasteiger partial charge in [-0.1, -0.05) is 13.3 Å². The van der Waals surface area contributed by atoms with Crippen LogP contribution >= 0.6 is 0 Å². The van der Waals surface area contributed by atoms with Gasteiger partial charge in [-0.2, -0.15) is 4.98 Å². The predicted molar refractivity (Wildman–Crippen MR) is 100 cm³/mol. The molecule has 3 heterocycles. The normalized spacial score (nSPS) is 24.7. The van der Waals surface area contributed by atoms with Crippen LogP contribution in [-0.4, -0.2) is 33.3 Å². The highest BCUT2D eigenvalue weighted by Gasteiger charge is 2.41. The summed E-state index contributed by atoms with van der Waals surface area (Å²) in [5.41, 5.74) is 1.77. The van der Waals surface area contributed by atoms with Gasteiger partial charge in [-0.15, -0.1) is 0 Å². The van der Waals surface area contributed by atoms with Crippen molar-refractivity contribution < 1.29 is 9.50 Å². The van der Waals surface area contributed by atoms with Crippen molar-refractivity contribution in [3.63, 3.8) is 0 Å². The Labute approximate surface area is 153 Å². The summed E-state index contributed by atoms with van der Waals surface area (Å²) < 4.78 is 13.1. The molecular weight excluding hydrogens is 331 g/mol. The van der Waals surface area contributed by atoms with Gasteiger partial charge in [0, 0.05) is 29.5 Å². The third-order valence-electron chi connectivity index (χ3n) is 5.34. The van der Waals surface area contributed by atoms with Crippen LogP contribution in [0.1, 0.15) is 44.7 Å². The number of anilines is 3. The summed E-state index contributed by atoms with van der Waals surface area (Å²) in [6.07, 6.45) is 5.54. The largest absolute Gasteiger partial charge is 0.393 e. The molecule has 2 N–H and O–H groups in total. The number of piperidine rings is 1. The highest BCUT2D eigenvalue weighted by molar-refractivity contribution is 5.56. The molecule has 0 aliphatic carbocycles. The fraction of sp³-hybridized carbons (Fsp3) is 0.500. The second-order valence-corrected chi connectivity index (χ2v) is 7.34. The summed E-state index contributed by atoms with van der Waals surface area (Å²) in [4.78, 5) is 11.8. The lowest BCUT2D eigenvalue weighted by Gasteiger charge is -2.38. The second-order valence-electron chi connectivity index (χ2n) is 7.34. The molecular formula is C20H25FN4O. The molecule has 5 nitrogen and oxygen atoms in total. The topological polar surface area (TPSA) is 61.3 Å². The summed E-state index contributed by atoms with van der Waals surface area (Å²) in [6.45, 7) is 2.13. The first-order chi connectivity index (χ1) is 12.6. The second kappa shape index (κ2) is 7.19. The molecule has 2 fully saturated rings.